The molecule has 1 N–H and O–H groups in total. The molecule has 0 spiro atoms. The van der Waals surface area contributed by atoms with Gasteiger partial charge >= 0.3 is 11.9 Å². The molecule has 0 bridgehead atoms. The zero-order chi connectivity index (χ0) is 33.7. The van der Waals surface area contributed by atoms with Crippen molar-refractivity contribution in [3.05, 3.63) is 94.3 Å². The third-order valence-electron chi connectivity index (χ3n) is 8.26. The molecule has 1 saturated carbocycles. The maximum atomic E-state index is 14.1. The van der Waals surface area contributed by atoms with Crippen LogP contribution in [0.15, 0.2) is 67.0 Å². The van der Waals surface area contributed by atoms with Crippen molar-refractivity contribution in [1.82, 2.24) is 9.55 Å². The van der Waals surface area contributed by atoms with Gasteiger partial charge in [0.05, 0.1) is 23.1 Å². The van der Waals surface area contributed by atoms with E-state index in [4.69, 9.17) is 21.1 Å². The number of aromatic nitrogens is 2. The number of halogens is 1. The maximum absolute atomic E-state index is 14.1. The van der Waals surface area contributed by atoms with E-state index in [9.17, 15) is 19.2 Å². The number of hydrogen-bond donors (Lipinski definition) is 1. The molecule has 10 heteroatoms. The number of benzene rings is 2. The summed E-state index contributed by atoms with van der Waals surface area (Å²) in [4.78, 5) is 57.1. The Kier molecular flexibility index (Phi) is 10.4. The fourth-order valence-electron chi connectivity index (χ4n) is 6.15. The van der Waals surface area contributed by atoms with Gasteiger partial charge in [-0.15, -0.1) is 0 Å². The Morgan fingerprint density at radius 2 is 1.74 bits per heavy atom. The van der Waals surface area contributed by atoms with Crippen LogP contribution in [0.3, 0.4) is 0 Å². The fraction of sp³-hybridized carbons (Fsp3) is 0.378. The summed E-state index contributed by atoms with van der Waals surface area (Å²) in [5, 5.41) is 3.86. The molecular weight excluding hydrogens is 618 g/mol. The monoisotopic (exact) mass is 657 g/mol. The minimum atomic E-state index is -0.693. The Hall–Kier alpha value is -4.50. The third-order valence-corrected chi connectivity index (χ3v) is 8.58. The lowest BCUT2D eigenvalue weighted by atomic mass is 9.86. The molecule has 2 aromatic heterocycles. The van der Waals surface area contributed by atoms with Gasteiger partial charge < -0.3 is 19.4 Å². The molecule has 0 saturated heterocycles. The average molecular weight is 658 g/mol. The van der Waals surface area contributed by atoms with Gasteiger partial charge in [0.1, 0.15) is 18.0 Å². The summed E-state index contributed by atoms with van der Waals surface area (Å²) in [6, 6.07) is 15.4. The van der Waals surface area contributed by atoms with E-state index in [0.29, 0.717) is 45.7 Å². The summed E-state index contributed by atoms with van der Waals surface area (Å²) in [6.07, 6.45) is 8.00. The van der Waals surface area contributed by atoms with Crippen molar-refractivity contribution in [3.8, 4) is 0 Å². The Balaban J connectivity index is 1.56. The van der Waals surface area contributed by atoms with Crippen molar-refractivity contribution in [1.29, 1.82) is 0 Å². The topological polar surface area (TPSA) is 117 Å². The summed E-state index contributed by atoms with van der Waals surface area (Å²) < 4.78 is 12.4. The smallest absolute Gasteiger partial charge is 0.339 e. The summed E-state index contributed by atoms with van der Waals surface area (Å²) in [5.74, 6) is -1.44. The highest BCUT2D eigenvalue weighted by Crippen LogP contribution is 2.39. The summed E-state index contributed by atoms with van der Waals surface area (Å²) in [7, 11) is 0. The van der Waals surface area contributed by atoms with Crippen LogP contribution < -0.4 is 5.32 Å². The molecule has 2 heterocycles. The van der Waals surface area contributed by atoms with Gasteiger partial charge in [-0.05, 0) is 69.9 Å². The molecule has 1 aliphatic carbocycles. The summed E-state index contributed by atoms with van der Waals surface area (Å²) >= 11 is 6.80. The lowest BCUT2D eigenvalue weighted by Crippen LogP contribution is -2.26. The van der Waals surface area contributed by atoms with Crippen molar-refractivity contribution in [2.24, 2.45) is 5.92 Å². The van der Waals surface area contributed by atoms with Gasteiger partial charge in [-0.2, -0.15) is 0 Å². The Morgan fingerprint density at radius 1 is 1.02 bits per heavy atom. The highest BCUT2D eigenvalue weighted by atomic mass is 35.5. The normalized spacial score (nSPS) is 14.1. The van der Waals surface area contributed by atoms with E-state index in [1.165, 1.54) is 6.20 Å². The molecule has 1 aliphatic rings. The maximum Gasteiger partial charge on any atom is 0.339 e. The Bertz CT molecular complexity index is 1770. The van der Waals surface area contributed by atoms with Crippen LogP contribution in [-0.4, -0.2) is 45.4 Å². The number of carbonyl (C=O) groups excluding carboxylic acids is 4. The van der Waals surface area contributed by atoms with Crippen LogP contribution in [0.5, 0.6) is 0 Å². The first-order chi connectivity index (χ1) is 22.4. The van der Waals surface area contributed by atoms with E-state index in [1.54, 1.807) is 87.0 Å². The van der Waals surface area contributed by atoms with E-state index >= 15 is 0 Å². The molecular formula is C37H40ClN3O6. The van der Waals surface area contributed by atoms with Crippen LogP contribution in [0.2, 0.25) is 5.02 Å². The van der Waals surface area contributed by atoms with Gasteiger partial charge in [0.2, 0.25) is 5.91 Å². The number of nitrogens with one attached hydrogen (secondary N) is 1. The molecule has 4 aromatic rings. The number of carbonyl (C=O) groups is 4. The summed E-state index contributed by atoms with van der Waals surface area (Å²) in [6.45, 7) is 7.25. The second-order valence-corrected chi connectivity index (χ2v) is 13.3. The molecule has 1 unspecified atom stereocenters. The number of fused-ring (bicyclic) bond motifs is 1. The first-order valence-electron chi connectivity index (χ1n) is 16.0. The molecule has 5 rings (SSSR count). The molecule has 1 amide bonds. The van der Waals surface area contributed by atoms with Crippen LogP contribution in [0.25, 0.3) is 10.9 Å². The fourth-order valence-corrected chi connectivity index (χ4v) is 6.40. The minimum absolute atomic E-state index is 0.122. The van der Waals surface area contributed by atoms with Crippen LogP contribution in [-0.2, 0) is 25.6 Å². The zero-order valence-electron chi connectivity index (χ0n) is 27.2. The van der Waals surface area contributed by atoms with Crippen LogP contribution >= 0.6 is 11.6 Å². The van der Waals surface area contributed by atoms with Gasteiger partial charge in [-0.25, -0.2) is 9.78 Å². The van der Waals surface area contributed by atoms with E-state index < -0.39 is 23.5 Å². The number of rotatable bonds is 11. The van der Waals surface area contributed by atoms with Crippen LogP contribution in [0.4, 0.5) is 5.82 Å². The Labute approximate surface area is 279 Å². The van der Waals surface area contributed by atoms with Crippen molar-refractivity contribution in [3.63, 3.8) is 0 Å². The van der Waals surface area contributed by atoms with Gasteiger partial charge in [-0.1, -0.05) is 67.6 Å². The van der Waals surface area contributed by atoms with Gasteiger partial charge in [0.15, 0.2) is 5.78 Å². The van der Waals surface area contributed by atoms with Crippen molar-refractivity contribution < 1.29 is 28.7 Å². The molecule has 0 aliphatic heterocycles. The van der Waals surface area contributed by atoms with Gasteiger partial charge in [-0.3, -0.25) is 14.4 Å². The highest BCUT2D eigenvalue weighted by molar-refractivity contribution is 6.36. The van der Waals surface area contributed by atoms with E-state index in [2.05, 4.69) is 10.3 Å². The molecule has 1 atom stereocenters. The van der Waals surface area contributed by atoms with Crippen molar-refractivity contribution in [2.75, 3.05) is 11.9 Å². The number of esters is 2. The largest absolute Gasteiger partial charge is 0.462 e. The van der Waals surface area contributed by atoms with Crippen molar-refractivity contribution >= 4 is 52.0 Å². The SMILES string of the molecule is CCOC(=O)c1ccc(NC(=O)C(CC2CCCC2)c2cn(CC(=O)OC(C)(C)C)c3cc(C(=O)c4ccccc4)c(Cl)cc23)nc1. The number of ketones is 1. The molecule has 47 heavy (non-hydrogen) atoms. The minimum Gasteiger partial charge on any atom is -0.462 e. The first-order valence-corrected chi connectivity index (χ1v) is 16.4. The van der Waals surface area contributed by atoms with E-state index in [-0.39, 0.29) is 35.4 Å². The number of anilines is 1. The van der Waals surface area contributed by atoms with E-state index in [0.717, 1.165) is 25.7 Å². The summed E-state index contributed by atoms with van der Waals surface area (Å²) in [5.41, 5.74) is 1.66. The second kappa shape index (κ2) is 14.5. The Morgan fingerprint density at radius 3 is 2.38 bits per heavy atom. The number of hydrogen-bond acceptors (Lipinski definition) is 7. The average Bonchev–Trinajstić information content (AvgIpc) is 3.66. The van der Waals surface area contributed by atoms with Crippen LogP contribution in [0, 0.1) is 5.92 Å². The molecule has 1 fully saturated rings. The molecule has 9 nitrogen and oxygen atoms in total. The number of nitrogens with zero attached hydrogens (tertiary/aromatic N) is 2. The predicted octanol–water partition coefficient (Wildman–Crippen LogP) is 7.74. The lowest BCUT2D eigenvalue weighted by molar-refractivity contribution is -0.155. The second-order valence-electron chi connectivity index (χ2n) is 12.9. The molecule has 246 valence electrons. The first kappa shape index (κ1) is 33.9. The van der Waals surface area contributed by atoms with Crippen molar-refractivity contribution in [2.45, 2.75) is 77.9 Å². The predicted molar refractivity (Wildman–Crippen MR) is 181 cm³/mol. The number of pyridine rings is 1. The standard InChI is InChI=1S/C37H40ClN3O6/c1-5-46-36(45)25-15-16-32(39-20-25)40-35(44)27(17-23-11-9-10-12-23)29-21-41(22-33(42)47-37(2,3)4)31-19-28(30(38)18-26(29)31)34(43)24-13-7-6-8-14-24/h6-8,13-16,18-21,23,27H,5,9-12,17,22H2,1-4H3,(H,39,40,44). The van der Waals surface area contributed by atoms with Gasteiger partial charge in [0, 0.05) is 34.4 Å². The number of ether oxygens (including phenoxy) is 2. The molecule has 0 radical (unpaired) electrons. The van der Waals surface area contributed by atoms with Crippen LogP contribution in [0.1, 0.15) is 97.6 Å². The molecule has 2 aromatic carbocycles. The third kappa shape index (κ3) is 8.27. The zero-order valence-corrected chi connectivity index (χ0v) is 27.9. The number of amides is 1. The van der Waals surface area contributed by atoms with Gasteiger partial charge in [0.25, 0.3) is 0 Å². The lowest BCUT2D eigenvalue weighted by Gasteiger charge is -2.20. The highest BCUT2D eigenvalue weighted by Gasteiger charge is 2.31. The van der Waals surface area contributed by atoms with E-state index in [1.807, 2.05) is 6.07 Å². The quantitative estimate of drug-likeness (QED) is 0.130.